The number of benzene rings is 1. The zero-order valence-corrected chi connectivity index (χ0v) is 11.6. The number of carbonyl (C=O) groups is 1. The van der Waals surface area contributed by atoms with Gasteiger partial charge in [0, 0.05) is 19.2 Å². The number of anilines is 2. The van der Waals surface area contributed by atoms with Crippen molar-refractivity contribution in [3.8, 4) is 0 Å². The molecule has 0 unspecified atom stereocenters. The first-order chi connectivity index (χ1) is 9.11. The molecule has 0 atom stereocenters. The van der Waals surface area contributed by atoms with Crippen LogP contribution in [0.15, 0.2) is 42.6 Å². The summed E-state index contributed by atoms with van der Waals surface area (Å²) in [5, 5.41) is 0. The van der Waals surface area contributed by atoms with E-state index in [0.29, 0.717) is 12.1 Å². The molecule has 0 saturated carbocycles. The number of carbonyl (C=O) groups excluding carboxylic acids is 1. The minimum atomic E-state index is 0.0739. The average Bonchev–Trinajstić information content (AvgIpc) is 2.46. The lowest BCUT2D eigenvalue weighted by Crippen LogP contribution is -2.10. The molecule has 0 amide bonds. The molecular formula is C16H18N2O. The number of aryl methyl sites for hydroxylation is 1. The molecule has 3 nitrogen and oxygen atoms in total. The number of rotatable bonds is 4. The first-order valence-electron chi connectivity index (χ1n) is 6.41. The van der Waals surface area contributed by atoms with Gasteiger partial charge in [0.1, 0.15) is 5.69 Å². The van der Waals surface area contributed by atoms with Gasteiger partial charge in [-0.1, -0.05) is 19.1 Å². The van der Waals surface area contributed by atoms with Crippen LogP contribution in [0, 0.1) is 6.92 Å². The van der Waals surface area contributed by atoms with Crippen molar-refractivity contribution in [1.82, 2.24) is 4.98 Å². The molecule has 1 aromatic heterocycles. The van der Waals surface area contributed by atoms with Gasteiger partial charge in [-0.15, -0.1) is 0 Å². The summed E-state index contributed by atoms with van der Waals surface area (Å²) >= 11 is 0. The predicted octanol–water partition coefficient (Wildman–Crippen LogP) is 3.75. The van der Waals surface area contributed by atoms with Crippen molar-refractivity contribution in [2.24, 2.45) is 0 Å². The van der Waals surface area contributed by atoms with E-state index >= 15 is 0 Å². The van der Waals surface area contributed by atoms with Crippen LogP contribution < -0.4 is 4.90 Å². The molecule has 0 spiro atoms. The molecule has 98 valence electrons. The number of pyridine rings is 1. The second-order valence-electron chi connectivity index (χ2n) is 4.58. The zero-order chi connectivity index (χ0) is 13.8. The highest BCUT2D eigenvalue weighted by atomic mass is 16.1. The minimum Gasteiger partial charge on any atom is -0.343 e. The third kappa shape index (κ3) is 2.99. The Hall–Kier alpha value is -2.16. The Balaban J connectivity index is 2.25. The molecule has 0 aliphatic rings. The molecular weight excluding hydrogens is 236 g/mol. The van der Waals surface area contributed by atoms with Crippen LogP contribution >= 0.6 is 0 Å². The highest BCUT2D eigenvalue weighted by Crippen LogP contribution is 2.23. The Morgan fingerprint density at radius 3 is 2.58 bits per heavy atom. The number of ketones is 1. The summed E-state index contributed by atoms with van der Waals surface area (Å²) in [5.74, 6) is 0.0739. The fourth-order valence-electron chi connectivity index (χ4n) is 1.92. The first-order valence-corrected chi connectivity index (χ1v) is 6.41. The Labute approximate surface area is 113 Å². The van der Waals surface area contributed by atoms with Crippen molar-refractivity contribution in [2.75, 3.05) is 11.9 Å². The van der Waals surface area contributed by atoms with Crippen LogP contribution in [0.3, 0.4) is 0 Å². The van der Waals surface area contributed by atoms with E-state index < -0.39 is 0 Å². The summed E-state index contributed by atoms with van der Waals surface area (Å²) in [6, 6.07) is 12.0. The number of nitrogens with zero attached hydrogens (tertiary/aromatic N) is 2. The molecule has 0 N–H and O–H groups in total. The molecule has 1 heterocycles. The summed E-state index contributed by atoms with van der Waals surface area (Å²) in [6.45, 7) is 3.91. The van der Waals surface area contributed by atoms with Crippen LogP contribution in [0.5, 0.6) is 0 Å². The molecule has 0 radical (unpaired) electrons. The van der Waals surface area contributed by atoms with E-state index in [-0.39, 0.29) is 5.78 Å². The first kappa shape index (κ1) is 13.3. The monoisotopic (exact) mass is 254 g/mol. The highest BCUT2D eigenvalue weighted by molar-refractivity contribution is 5.94. The SMILES string of the molecule is CCC(=O)c1ccc(N(C)c2cccc(C)c2)cn1. The number of hydrogen-bond acceptors (Lipinski definition) is 3. The van der Waals surface area contributed by atoms with Crippen LogP contribution in [0.1, 0.15) is 29.4 Å². The van der Waals surface area contributed by atoms with Crippen LogP contribution in [0.2, 0.25) is 0 Å². The topological polar surface area (TPSA) is 33.2 Å². The van der Waals surface area contributed by atoms with Crippen molar-refractivity contribution in [1.29, 1.82) is 0 Å². The van der Waals surface area contributed by atoms with Gasteiger partial charge < -0.3 is 4.90 Å². The van der Waals surface area contributed by atoms with Gasteiger partial charge in [0.25, 0.3) is 0 Å². The van der Waals surface area contributed by atoms with Crippen molar-refractivity contribution in [3.05, 3.63) is 53.9 Å². The number of Topliss-reactive ketones (excluding diaryl/α,β-unsaturated/α-hetero) is 1. The minimum absolute atomic E-state index is 0.0739. The lowest BCUT2D eigenvalue weighted by Gasteiger charge is -2.19. The molecule has 0 aliphatic carbocycles. The maximum absolute atomic E-state index is 11.5. The lowest BCUT2D eigenvalue weighted by atomic mass is 10.2. The Morgan fingerprint density at radius 1 is 1.21 bits per heavy atom. The highest BCUT2D eigenvalue weighted by Gasteiger charge is 2.07. The molecule has 19 heavy (non-hydrogen) atoms. The Kier molecular flexibility index (Phi) is 3.95. The summed E-state index contributed by atoms with van der Waals surface area (Å²) < 4.78 is 0. The van der Waals surface area contributed by atoms with E-state index in [4.69, 9.17) is 0 Å². The van der Waals surface area contributed by atoms with E-state index in [1.54, 1.807) is 12.3 Å². The number of hydrogen-bond donors (Lipinski definition) is 0. The van der Waals surface area contributed by atoms with E-state index in [9.17, 15) is 4.79 Å². The molecule has 2 rings (SSSR count). The fraction of sp³-hybridized carbons (Fsp3) is 0.250. The van der Waals surface area contributed by atoms with E-state index in [0.717, 1.165) is 11.4 Å². The van der Waals surface area contributed by atoms with Gasteiger partial charge in [-0.2, -0.15) is 0 Å². The molecule has 0 fully saturated rings. The van der Waals surface area contributed by atoms with Crippen LogP contribution in [-0.4, -0.2) is 17.8 Å². The van der Waals surface area contributed by atoms with E-state index in [1.165, 1.54) is 5.56 Å². The molecule has 0 bridgehead atoms. The quantitative estimate of drug-likeness (QED) is 0.779. The molecule has 1 aromatic carbocycles. The normalized spacial score (nSPS) is 10.3. The molecule has 0 aliphatic heterocycles. The molecule has 3 heteroatoms. The fourth-order valence-corrected chi connectivity index (χ4v) is 1.92. The van der Waals surface area contributed by atoms with Gasteiger partial charge in [-0.25, -0.2) is 0 Å². The van der Waals surface area contributed by atoms with E-state index in [2.05, 4.69) is 35.0 Å². The summed E-state index contributed by atoms with van der Waals surface area (Å²) in [6.07, 6.45) is 2.23. The Bertz CT molecular complexity index is 576. The van der Waals surface area contributed by atoms with Gasteiger partial charge >= 0.3 is 0 Å². The van der Waals surface area contributed by atoms with Gasteiger partial charge in [-0.05, 0) is 36.8 Å². The Morgan fingerprint density at radius 2 is 2.00 bits per heavy atom. The van der Waals surface area contributed by atoms with Gasteiger partial charge in [0.05, 0.1) is 11.9 Å². The van der Waals surface area contributed by atoms with Crippen LogP contribution in [0.25, 0.3) is 0 Å². The second-order valence-corrected chi connectivity index (χ2v) is 4.58. The second kappa shape index (κ2) is 5.65. The predicted molar refractivity (Wildman–Crippen MR) is 78.1 cm³/mol. The van der Waals surface area contributed by atoms with E-state index in [1.807, 2.05) is 26.1 Å². The summed E-state index contributed by atoms with van der Waals surface area (Å²) in [5.41, 5.74) is 3.83. The maximum atomic E-state index is 11.5. The lowest BCUT2D eigenvalue weighted by molar-refractivity contribution is 0.0983. The standard InChI is InChI=1S/C16H18N2O/c1-4-16(19)15-9-8-14(11-17-15)18(3)13-7-5-6-12(2)10-13/h5-11H,4H2,1-3H3. The molecule has 2 aromatic rings. The zero-order valence-electron chi connectivity index (χ0n) is 11.6. The van der Waals surface area contributed by atoms with Crippen molar-refractivity contribution >= 4 is 17.2 Å². The van der Waals surface area contributed by atoms with Crippen LogP contribution in [0.4, 0.5) is 11.4 Å². The van der Waals surface area contributed by atoms with Crippen molar-refractivity contribution < 1.29 is 4.79 Å². The average molecular weight is 254 g/mol. The largest absolute Gasteiger partial charge is 0.343 e. The summed E-state index contributed by atoms with van der Waals surface area (Å²) in [7, 11) is 1.99. The molecule has 0 saturated heterocycles. The van der Waals surface area contributed by atoms with Crippen molar-refractivity contribution in [3.63, 3.8) is 0 Å². The van der Waals surface area contributed by atoms with Gasteiger partial charge in [0.15, 0.2) is 5.78 Å². The maximum Gasteiger partial charge on any atom is 0.180 e. The third-order valence-corrected chi connectivity index (χ3v) is 3.13. The van der Waals surface area contributed by atoms with Crippen molar-refractivity contribution in [2.45, 2.75) is 20.3 Å². The summed E-state index contributed by atoms with van der Waals surface area (Å²) in [4.78, 5) is 17.8. The third-order valence-electron chi connectivity index (χ3n) is 3.13. The van der Waals surface area contributed by atoms with Crippen LogP contribution in [-0.2, 0) is 0 Å². The smallest absolute Gasteiger partial charge is 0.180 e. The van der Waals surface area contributed by atoms with Gasteiger partial charge in [0.2, 0.25) is 0 Å². The van der Waals surface area contributed by atoms with Gasteiger partial charge in [-0.3, -0.25) is 9.78 Å². The number of aromatic nitrogens is 1.